The van der Waals surface area contributed by atoms with Gasteiger partial charge in [-0.15, -0.1) is 0 Å². The standard InChI is InChI=1S/C16H18F2N6OS/c1-22(2)4-3-5-24(14(25)8-23-10-19-9-20-23)16-21-15-12(18)6-11(17)7-13(15)26-16/h6-7,9-10H,3-5,8H2,1-2H3. The van der Waals surface area contributed by atoms with Gasteiger partial charge >= 0.3 is 0 Å². The van der Waals surface area contributed by atoms with E-state index in [9.17, 15) is 13.6 Å². The second-order valence-corrected chi connectivity index (χ2v) is 7.04. The van der Waals surface area contributed by atoms with Crippen molar-refractivity contribution in [2.45, 2.75) is 13.0 Å². The van der Waals surface area contributed by atoms with E-state index in [1.807, 2.05) is 19.0 Å². The molecule has 26 heavy (non-hydrogen) atoms. The zero-order valence-corrected chi connectivity index (χ0v) is 15.2. The zero-order valence-electron chi connectivity index (χ0n) is 14.4. The second kappa shape index (κ2) is 7.83. The molecule has 0 fully saturated rings. The molecule has 0 saturated carbocycles. The van der Waals surface area contributed by atoms with Gasteiger partial charge in [0.2, 0.25) is 0 Å². The third kappa shape index (κ3) is 4.20. The normalized spacial score (nSPS) is 11.4. The maximum atomic E-state index is 14.0. The Morgan fingerprint density at radius 1 is 1.27 bits per heavy atom. The molecule has 138 valence electrons. The van der Waals surface area contributed by atoms with Crippen LogP contribution < -0.4 is 4.90 Å². The minimum absolute atomic E-state index is 0.00523. The van der Waals surface area contributed by atoms with Gasteiger partial charge in [-0.2, -0.15) is 5.10 Å². The van der Waals surface area contributed by atoms with Crippen molar-refractivity contribution in [2.75, 3.05) is 32.1 Å². The summed E-state index contributed by atoms with van der Waals surface area (Å²) in [6.45, 7) is 1.19. The molecule has 0 saturated heterocycles. The van der Waals surface area contributed by atoms with Crippen LogP contribution in [0.2, 0.25) is 0 Å². The number of thiazole rings is 1. The fraction of sp³-hybridized carbons (Fsp3) is 0.375. The van der Waals surface area contributed by atoms with Crippen LogP contribution in [0.15, 0.2) is 24.8 Å². The SMILES string of the molecule is CN(C)CCCN(C(=O)Cn1cncn1)c1nc2c(F)cc(F)cc2s1. The molecule has 0 unspecified atom stereocenters. The number of hydrogen-bond acceptors (Lipinski definition) is 6. The fourth-order valence-corrected chi connectivity index (χ4v) is 3.52. The number of anilines is 1. The summed E-state index contributed by atoms with van der Waals surface area (Å²) in [5.74, 6) is -1.65. The van der Waals surface area contributed by atoms with E-state index in [2.05, 4.69) is 15.1 Å². The summed E-state index contributed by atoms with van der Waals surface area (Å²) in [7, 11) is 3.88. The van der Waals surface area contributed by atoms with Crippen LogP contribution in [0.4, 0.5) is 13.9 Å². The van der Waals surface area contributed by atoms with Gasteiger partial charge in [0.15, 0.2) is 10.9 Å². The Morgan fingerprint density at radius 2 is 2.08 bits per heavy atom. The minimum Gasteiger partial charge on any atom is -0.309 e. The summed E-state index contributed by atoms with van der Waals surface area (Å²) in [6, 6.07) is 2.01. The molecule has 0 atom stereocenters. The maximum Gasteiger partial charge on any atom is 0.250 e. The predicted molar refractivity (Wildman–Crippen MR) is 95.1 cm³/mol. The lowest BCUT2D eigenvalue weighted by molar-refractivity contribution is -0.119. The molecule has 1 aromatic carbocycles. The quantitative estimate of drug-likeness (QED) is 0.628. The summed E-state index contributed by atoms with van der Waals surface area (Å²) in [5, 5.41) is 4.27. The van der Waals surface area contributed by atoms with Crippen LogP contribution in [0.25, 0.3) is 10.2 Å². The van der Waals surface area contributed by atoms with E-state index in [0.29, 0.717) is 22.8 Å². The van der Waals surface area contributed by atoms with Crippen molar-refractivity contribution in [1.82, 2.24) is 24.6 Å². The lowest BCUT2D eigenvalue weighted by Gasteiger charge is -2.20. The summed E-state index contributed by atoms with van der Waals surface area (Å²) < 4.78 is 29.2. The van der Waals surface area contributed by atoms with Gasteiger partial charge in [0, 0.05) is 12.6 Å². The molecule has 1 amide bonds. The Morgan fingerprint density at radius 3 is 2.77 bits per heavy atom. The number of rotatable bonds is 7. The second-order valence-electron chi connectivity index (χ2n) is 6.03. The van der Waals surface area contributed by atoms with Crippen molar-refractivity contribution < 1.29 is 13.6 Å². The molecule has 0 aliphatic heterocycles. The summed E-state index contributed by atoms with van der Waals surface area (Å²) in [5.41, 5.74) is 0.0672. The number of carbonyl (C=O) groups is 1. The average Bonchev–Trinajstić information content (AvgIpc) is 3.20. The fourth-order valence-electron chi connectivity index (χ4n) is 2.47. The van der Waals surface area contributed by atoms with E-state index >= 15 is 0 Å². The Bertz CT molecular complexity index is 896. The highest BCUT2D eigenvalue weighted by molar-refractivity contribution is 7.22. The van der Waals surface area contributed by atoms with Crippen LogP contribution in [0.3, 0.4) is 0 Å². The van der Waals surface area contributed by atoms with Crippen LogP contribution in [0.1, 0.15) is 6.42 Å². The summed E-state index contributed by atoms with van der Waals surface area (Å²) in [4.78, 5) is 24.3. The first-order valence-corrected chi connectivity index (χ1v) is 8.79. The molecule has 0 aliphatic rings. The van der Waals surface area contributed by atoms with E-state index in [1.54, 1.807) is 0 Å². The van der Waals surface area contributed by atoms with Gasteiger partial charge in [-0.25, -0.2) is 23.4 Å². The van der Waals surface area contributed by atoms with E-state index in [4.69, 9.17) is 0 Å². The molecule has 10 heteroatoms. The monoisotopic (exact) mass is 380 g/mol. The van der Waals surface area contributed by atoms with Crippen LogP contribution in [-0.4, -0.2) is 57.7 Å². The largest absolute Gasteiger partial charge is 0.309 e. The highest BCUT2D eigenvalue weighted by atomic mass is 32.1. The van der Waals surface area contributed by atoms with Crippen LogP contribution in [0, 0.1) is 11.6 Å². The third-order valence-electron chi connectivity index (χ3n) is 3.68. The molecule has 2 aromatic heterocycles. The minimum atomic E-state index is -0.737. The molecule has 3 aromatic rings. The van der Waals surface area contributed by atoms with E-state index in [-0.39, 0.29) is 18.0 Å². The number of amides is 1. The lowest BCUT2D eigenvalue weighted by Crippen LogP contribution is -2.36. The van der Waals surface area contributed by atoms with Gasteiger partial charge in [-0.3, -0.25) is 9.69 Å². The van der Waals surface area contributed by atoms with Gasteiger partial charge in [0.05, 0.1) is 4.70 Å². The van der Waals surface area contributed by atoms with E-state index in [1.165, 1.54) is 28.3 Å². The van der Waals surface area contributed by atoms with Crippen molar-refractivity contribution in [2.24, 2.45) is 0 Å². The Labute approximate surface area is 152 Å². The molecule has 0 radical (unpaired) electrons. The Balaban J connectivity index is 1.88. The number of halogens is 2. The Hall–Kier alpha value is -2.46. The summed E-state index contributed by atoms with van der Waals surface area (Å²) in [6.07, 6.45) is 3.51. The van der Waals surface area contributed by atoms with Crippen LogP contribution >= 0.6 is 11.3 Å². The van der Waals surface area contributed by atoms with Gasteiger partial charge in [0.25, 0.3) is 5.91 Å². The van der Waals surface area contributed by atoms with Crippen molar-refractivity contribution >= 4 is 32.6 Å². The first-order valence-electron chi connectivity index (χ1n) is 7.97. The molecule has 0 spiro atoms. The number of aromatic nitrogens is 4. The van der Waals surface area contributed by atoms with Gasteiger partial charge in [-0.1, -0.05) is 11.3 Å². The van der Waals surface area contributed by atoms with Crippen molar-refractivity contribution in [3.8, 4) is 0 Å². The highest BCUT2D eigenvalue weighted by Gasteiger charge is 2.21. The van der Waals surface area contributed by atoms with E-state index < -0.39 is 11.6 Å². The summed E-state index contributed by atoms with van der Waals surface area (Å²) >= 11 is 1.09. The molecule has 7 nitrogen and oxygen atoms in total. The number of fused-ring (bicyclic) bond motifs is 1. The molecule has 0 aliphatic carbocycles. The molecular weight excluding hydrogens is 362 g/mol. The predicted octanol–water partition coefficient (Wildman–Crippen LogP) is 2.15. The van der Waals surface area contributed by atoms with Crippen molar-refractivity contribution in [3.63, 3.8) is 0 Å². The highest BCUT2D eigenvalue weighted by Crippen LogP contribution is 2.31. The maximum absolute atomic E-state index is 14.0. The number of carbonyl (C=O) groups excluding carboxylic acids is 1. The smallest absolute Gasteiger partial charge is 0.250 e. The number of hydrogen-bond donors (Lipinski definition) is 0. The first-order chi connectivity index (χ1) is 12.4. The van der Waals surface area contributed by atoms with Crippen LogP contribution in [-0.2, 0) is 11.3 Å². The third-order valence-corrected chi connectivity index (χ3v) is 4.71. The zero-order chi connectivity index (χ0) is 18.7. The first kappa shape index (κ1) is 18.3. The average molecular weight is 380 g/mol. The lowest BCUT2D eigenvalue weighted by atomic mass is 10.3. The number of benzene rings is 1. The van der Waals surface area contributed by atoms with Crippen molar-refractivity contribution in [1.29, 1.82) is 0 Å². The molecular formula is C16H18F2N6OS. The molecule has 2 heterocycles. The molecule has 3 rings (SSSR count). The molecule has 0 N–H and O–H groups in total. The Kier molecular flexibility index (Phi) is 5.52. The number of nitrogens with zero attached hydrogens (tertiary/aromatic N) is 6. The molecule has 0 bridgehead atoms. The van der Waals surface area contributed by atoms with Crippen LogP contribution in [0.5, 0.6) is 0 Å². The van der Waals surface area contributed by atoms with Gasteiger partial charge in [0.1, 0.15) is 30.5 Å². The van der Waals surface area contributed by atoms with Gasteiger partial charge < -0.3 is 4.90 Å². The van der Waals surface area contributed by atoms with Gasteiger partial charge in [-0.05, 0) is 33.1 Å². The van der Waals surface area contributed by atoms with E-state index in [0.717, 1.165) is 23.9 Å². The van der Waals surface area contributed by atoms with Crippen molar-refractivity contribution in [3.05, 3.63) is 36.4 Å². The topological polar surface area (TPSA) is 67.2 Å².